The minimum Gasteiger partial charge on any atom is -0.373 e. The van der Waals surface area contributed by atoms with Crippen molar-refractivity contribution >= 4 is 0 Å². The quantitative estimate of drug-likeness (QED) is 0.392. The monoisotopic (exact) mass is 220 g/mol. The molecule has 0 aliphatic carbocycles. The maximum Gasteiger partial charge on any atom is 0.102 e. The van der Waals surface area contributed by atoms with Crippen LogP contribution in [-0.2, 0) is 9.47 Å². The third-order valence-electron chi connectivity index (χ3n) is 2.02. The summed E-state index contributed by atoms with van der Waals surface area (Å²) in [6.07, 6.45) is 0. The van der Waals surface area contributed by atoms with Crippen LogP contribution in [-0.4, -0.2) is 79.2 Å². The van der Waals surface area contributed by atoms with Crippen LogP contribution in [0.25, 0.3) is 0 Å². The fourth-order valence-electron chi connectivity index (χ4n) is 0.937. The first kappa shape index (κ1) is 14.8. The van der Waals surface area contributed by atoms with Gasteiger partial charge in [-0.3, -0.25) is 0 Å². The van der Waals surface area contributed by atoms with Crippen LogP contribution in [0.1, 0.15) is 0 Å². The fraction of sp³-hybridized carbons (Fsp3) is 1.00. The van der Waals surface area contributed by atoms with E-state index in [1.807, 2.05) is 0 Å². The normalized spacial score (nSPS) is 12.4. The number of likely N-dealkylation sites (N-methyl/N-ethyl adjacent to an activating group) is 2. The van der Waals surface area contributed by atoms with Gasteiger partial charge in [-0.1, -0.05) is 0 Å². The lowest BCUT2D eigenvalue weighted by atomic mass is 10.5. The maximum atomic E-state index is 5.47. The lowest BCUT2D eigenvalue weighted by Gasteiger charge is -2.23. The highest BCUT2D eigenvalue weighted by molar-refractivity contribution is 4.32. The molecule has 4 heteroatoms. The zero-order chi connectivity index (χ0) is 11.7. The van der Waals surface area contributed by atoms with E-state index in [1.54, 1.807) is 0 Å². The predicted molar refractivity (Wildman–Crippen MR) is 62.2 cm³/mol. The van der Waals surface area contributed by atoms with E-state index in [0.717, 1.165) is 30.8 Å². The molecule has 0 aliphatic heterocycles. The standard InChI is InChI=1S/C11H27N2O2/c1-12(2)6-8-14-10-11-15-9-7-13(3,4)5/h6-11H2,1-5H3/q+1/p+1. The van der Waals surface area contributed by atoms with Gasteiger partial charge in [0.1, 0.15) is 13.1 Å². The Labute approximate surface area is 94.3 Å². The molecule has 0 spiro atoms. The van der Waals surface area contributed by atoms with Gasteiger partial charge < -0.3 is 18.9 Å². The SMILES string of the molecule is C[NH+](C)CCOCCOCC[N+](C)(C)C. The van der Waals surface area contributed by atoms with Crippen molar-refractivity contribution in [2.45, 2.75) is 0 Å². The number of ether oxygens (including phenoxy) is 2. The van der Waals surface area contributed by atoms with E-state index in [1.165, 1.54) is 4.90 Å². The number of nitrogens with zero attached hydrogens (tertiary/aromatic N) is 1. The molecule has 0 saturated heterocycles. The lowest BCUT2D eigenvalue weighted by molar-refractivity contribution is -0.870. The summed E-state index contributed by atoms with van der Waals surface area (Å²) in [4.78, 5) is 1.42. The van der Waals surface area contributed by atoms with Crippen LogP contribution < -0.4 is 4.90 Å². The molecule has 0 fully saturated rings. The van der Waals surface area contributed by atoms with Gasteiger partial charge in [-0.25, -0.2) is 0 Å². The second-order valence-electron chi connectivity index (χ2n) is 5.20. The van der Waals surface area contributed by atoms with Crippen molar-refractivity contribution in [2.24, 2.45) is 0 Å². The van der Waals surface area contributed by atoms with Crippen molar-refractivity contribution in [2.75, 3.05) is 74.8 Å². The number of nitrogens with one attached hydrogen (secondary N) is 1. The molecule has 0 heterocycles. The van der Waals surface area contributed by atoms with E-state index in [9.17, 15) is 0 Å². The maximum absolute atomic E-state index is 5.47. The molecule has 4 nitrogen and oxygen atoms in total. The Balaban J connectivity index is 3.06. The van der Waals surface area contributed by atoms with E-state index in [4.69, 9.17) is 9.47 Å². The van der Waals surface area contributed by atoms with Crippen LogP contribution in [0.2, 0.25) is 0 Å². The van der Waals surface area contributed by atoms with Crippen LogP contribution >= 0.6 is 0 Å². The summed E-state index contributed by atoms with van der Waals surface area (Å²) in [5.41, 5.74) is 0. The first-order chi connectivity index (χ1) is 6.92. The Morgan fingerprint density at radius 3 is 1.87 bits per heavy atom. The second kappa shape index (κ2) is 8.05. The highest BCUT2D eigenvalue weighted by Crippen LogP contribution is 1.89. The summed E-state index contributed by atoms with van der Waals surface area (Å²) in [6, 6.07) is 0. The van der Waals surface area contributed by atoms with Gasteiger partial charge >= 0.3 is 0 Å². The van der Waals surface area contributed by atoms with Gasteiger partial charge in [0.25, 0.3) is 0 Å². The average Bonchev–Trinajstić information content (AvgIpc) is 2.07. The highest BCUT2D eigenvalue weighted by Gasteiger charge is 2.05. The lowest BCUT2D eigenvalue weighted by Crippen LogP contribution is -3.06. The largest absolute Gasteiger partial charge is 0.373 e. The van der Waals surface area contributed by atoms with E-state index >= 15 is 0 Å². The Hall–Kier alpha value is -0.160. The van der Waals surface area contributed by atoms with Crippen molar-refractivity contribution in [3.63, 3.8) is 0 Å². The van der Waals surface area contributed by atoms with E-state index < -0.39 is 0 Å². The summed E-state index contributed by atoms with van der Waals surface area (Å²) < 4.78 is 11.8. The first-order valence-corrected chi connectivity index (χ1v) is 5.67. The van der Waals surface area contributed by atoms with Gasteiger partial charge in [0, 0.05) is 0 Å². The topological polar surface area (TPSA) is 22.9 Å². The molecule has 1 N–H and O–H groups in total. The smallest absolute Gasteiger partial charge is 0.102 e. The summed E-state index contributed by atoms with van der Waals surface area (Å²) >= 11 is 0. The Morgan fingerprint density at radius 1 is 0.867 bits per heavy atom. The molecule has 0 aromatic rings. The molecule has 0 atom stereocenters. The molecule has 0 amide bonds. The second-order valence-corrected chi connectivity index (χ2v) is 5.20. The minimum absolute atomic E-state index is 0.711. The van der Waals surface area contributed by atoms with Crippen LogP contribution in [0.5, 0.6) is 0 Å². The molecule has 0 radical (unpaired) electrons. The summed E-state index contributed by atoms with van der Waals surface area (Å²) in [7, 11) is 10.8. The molecule has 0 bridgehead atoms. The van der Waals surface area contributed by atoms with Crippen molar-refractivity contribution in [3.05, 3.63) is 0 Å². The van der Waals surface area contributed by atoms with Crippen molar-refractivity contribution < 1.29 is 18.9 Å². The average molecular weight is 220 g/mol. The molecule has 0 aliphatic rings. The zero-order valence-electron chi connectivity index (χ0n) is 11.0. The summed E-state index contributed by atoms with van der Waals surface area (Å²) in [6.45, 7) is 5.15. The van der Waals surface area contributed by atoms with Crippen molar-refractivity contribution in [1.29, 1.82) is 0 Å². The van der Waals surface area contributed by atoms with Crippen LogP contribution in [0.15, 0.2) is 0 Å². The molecular formula is C11H28N2O2+2. The number of hydrogen-bond donors (Lipinski definition) is 1. The van der Waals surface area contributed by atoms with E-state index in [2.05, 4.69) is 35.2 Å². The number of rotatable bonds is 9. The Bertz CT molecular complexity index is 144. The van der Waals surface area contributed by atoms with Gasteiger partial charge in [0.05, 0.1) is 61.7 Å². The first-order valence-electron chi connectivity index (χ1n) is 5.67. The Morgan fingerprint density at radius 2 is 1.40 bits per heavy atom. The number of hydrogen-bond acceptors (Lipinski definition) is 2. The van der Waals surface area contributed by atoms with E-state index in [0.29, 0.717) is 13.2 Å². The Kier molecular flexibility index (Phi) is 7.96. The van der Waals surface area contributed by atoms with E-state index in [-0.39, 0.29) is 0 Å². The zero-order valence-corrected chi connectivity index (χ0v) is 11.0. The van der Waals surface area contributed by atoms with Crippen molar-refractivity contribution in [3.8, 4) is 0 Å². The van der Waals surface area contributed by atoms with Gasteiger partial charge in [-0.2, -0.15) is 0 Å². The van der Waals surface area contributed by atoms with Gasteiger partial charge in [-0.05, 0) is 0 Å². The molecule has 0 aromatic heterocycles. The van der Waals surface area contributed by atoms with Crippen LogP contribution in [0, 0.1) is 0 Å². The molecule has 0 saturated carbocycles. The van der Waals surface area contributed by atoms with Crippen LogP contribution in [0.3, 0.4) is 0 Å². The van der Waals surface area contributed by atoms with Crippen molar-refractivity contribution in [1.82, 2.24) is 0 Å². The molecule has 0 unspecified atom stereocenters. The van der Waals surface area contributed by atoms with Gasteiger partial charge in [0.2, 0.25) is 0 Å². The minimum atomic E-state index is 0.711. The third-order valence-corrected chi connectivity index (χ3v) is 2.02. The third kappa shape index (κ3) is 13.8. The summed E-state index contributed by atoms with van der Waals surface area (Å²) in [5.74, 6) is 0. The number of quaternary nitrogens is 2. The molecule has 15 heavy (non-hydrogen) atoms. The van der Waals surface area contributed by atoms with Gasteiger partial charge in [0.15, 0.2) is 0 Å². The molecule has 0 aromatic carbocycles. The summed E-state index contributed by atoms with van der Waals surface area (Å²) in [5, 5.41) is 0. The predicted octanol–water partition coefficient (Wildman–Crippen LogP) is -1.13. The molecule has 92 valence electrons. The van der Waals surface area contributed by atoms with Gasteiger partial charge in [-0.15, -0.1) is 0 Å². The molecule has 0 rings (SSSR count). The molecular weight excluding hydrogens is 192 g/mol. The highest BCUT2D eigenvalue weighted by atomic mass is 16.5. The fourth-order valence-corrected chi connectivity index (χ4v) is 0.937. The van der Waals surface area contributed by atoms with Crippen LogP contribution in [0.4, 0.5) is 0 Å².